The van der Waals surface area contributed by atoms with E-state index in [0.29, 0.717) is 13.2 Å². The molecule has 0 radical (unpaired) electrons. The van der Waals surface area contributed by atoms with Gasteiger partial charge in [0.2, 0.25) is 5.06 Å². The van der Waals surface area contributed by atoms with E-state index in [4.69, 9.17) is 23.7 Å². The zero-order chi connectivity index (χ0) is 19.0. The molecule has 148 valence electrons. The number of benzene rings is 1. The van der Waals surface area contributed by atoms with Crippen molar-refractivity contribution in [1.82, 2.24) is 5.06 Å². The van der Waals surface area contributed by atoms with Crippen LogP contribution >= 0.6 is 11.8 Å². The minimum Gasteiger partial charge on any atom is -0.348 e. The third-order valence-corrected chi connectivity index (χ3v) is 6.87. The minimum absolute atomic E-state index is 0.296. The lowest BCUT2D eigenvalue weighted by atomic mass is 10.1. The van der Waals surface area contributed by atoms with E-state index in [9.17, 15) is 5.21 Å². The molecule has 3 fully saturated rings. The Labute approximate surface area is 162 Å². The SMILES string of the molecule is CC1(C)OCC([C@H]2O[C@]3(Sc4ccccc4CN3O)[C@H]3OC(C)(C)O[C@@H]23)O1. The fourth-order valence-electron chi connectivity index (χ4n) is 4.31. The molecule has 1 N–H and O–H groups in total. The van der Waals surface area contributed by atoms with E-state index < -0.39 is 28.8 Å². The Morgan fingerprint density at radius 1 is 1.00 bits per heavy atom. The number of fused-ring (bicyclic) bond motifs is 3. The molecule has 0 aromatic heterocycles. The van der Waals surface area contributed by atoms with E-state index in [1.54, 1.807) is 0 Å². The highest BCUT2D eigenvalue weighted by atomic mass is 32.2. The van der Waals surface area contributed by atoms with Gasteiger partial charge >= 0.3 is 0 Å². The van der Waals surface area contributed by atoms with Gasteiger partial charge in [0.05, 0.1) is 13.2 Å². The second-order valence-corrected chi connectivity index (χ2v) is 9.60. The fraction of sp³-hybridized carbons (Fsp3) is 0.684. The summed E-state index contributed by atoms with van der Waals surface area (Å²) in [7, 11) is 0. The first-order chi connectivity index (χ1) is 12.7. The molecule has 1 spiro atoms. The summed E-state index contributed by atoms with van der Waals surface area (Å²) in [6.45, 7) is 8.30. The van der Waals surface area contributed by atoms with Crippen LogP contribution in [0.2, 0.25) is 0 Å². The van der Waals surface area contributed by atoms with Gasteiger partial charge in [-0.1, -0.05) is 30.0 Å². The van der Waals surface area contributed by atoms with Crippen LogP contribution in [0.1, 0.15) is 33.3 Å². The second-order valence-electron chi connectivity index (χ2n) is 8.37. The Kier molecular flexibility index (Phi) is 4.00. The molecule has 1 aromatic carbocycles. The van der Waals surface area contributed by atoms with Crippen molar-refractivity contribution in [3.8, 4) is 0 Å². The molecule has 5 atom stereocenters. The van der Waals surface area contributed by atoms with E-state index in [1.807, 2.05) is 52.0 Å². The van der Waals surface area contributed by atoms with Gasteiger partial charge in [-0.15, -0.1) is 5.06 Å². The maximum Gasteiger partial charge on any atom is 0.226 e. The predicted molar refractivity (Wildman–Crippen MR) is 96.0 cm³/mol. The average Bonchev–Trinajstić information content (AvgIpc) is 3.19. The summed E-state index contributed by atoms with van der Waals surface area (Å²) < 4.78 is 30.7. The standard InChI is InChI=1S/C19H25NO6S/c1-17(2)22-10-12(23-17)14-15-16(26-18(3,4)24-15)19(25-14)20(21)9-11-7-5-6-8-13(11)27-19/h5-8,12,14-16,21H,9-10H2,1-4H3/t12?,14-,15+,16+,19+/m1/s1. The van der Waals surface area contributed by atoms with Crippen LogP contribution in [-0.4, -0.2) is 57.9 Å². The summed E-state index contributed by atoms with van der Waals surface area (Å²) in [5.74, 6) is -1.43. The zero-order valence-corrected chi connectivity index (χ0v) is 16.7. The summed E-state index contributed by atoms with van der Waals surface area (Å²) >= 11 is 1.47. The van der Waals surface area contributed by atoms with Gasteiger partial charge in [-0.3, -0.25) is 0 Å². The second kappa shape index (κ2) is 5.90. The van der Waals surface area contributed by atoms with Gasteiger partial charge in [0.1, 0.15) is 24.4 Å². The molecule has 4 aliphatic heterocycles. The summed E-state index contributed by atoms with van der Waals surface area (Å²) in [4.78, 5) is 1.07. The van der Waals surface area contributed by atoms with Crippen LogP contribution in [0.5, 0.6) is 0 Å². The van der Waals surface area contributed by atoms with Crippen molar-refractivity contribution in [2.24, 2.45) is 0 Å². The molecule has 0 bridgehead atoms. The molecule has 0 aliphatic carbocycles. The lowest BCUT2D eigenvalue weighted by molar-refractivity contribution is -0.291. The predicted octanol–water partition coefficient (Wildman–Crippen LogP) is 2.71. The monoisotopic (exact) mass is 395 g/mol. The average molecular weight is 395 g/mol. The van der Waals surface area contributed by atoms with Crippen molar-refractivity contribution in [3.05, 3.63) is 29.8 Å². The Bertz CT molecular complexity index is 757. The Morgan fingerprint density at radius 3 is 2.52 bits per heavy atom. The van der Waals surface area contributed by atoms with Gasteiger partial charge < -0.3 is 28.9 Å². The lowest BCUT2D eigenvalue weighted by Gasteiger charge is -2.43. The molecule has 0 saturated carbocycles. The first-order valence-electron chi connectivity index (χ1n) is 9.28. The zero-order valence-electron chi connectivity index (χ0n) is 15.9. The number of hydrogen-bond donors (Lipinski definition) is 1. The molecule has 1 aromatic rings. The highest BCUT2D eigenvalue weighted by molar-refractivity contribution is 8.00. The van der Waals surface area contributed by atoms with Crippen LogP contribution in [0.25, 0.3) is 0 Å². The molecule has 0 amide bonds. The summed E-state index contributed by atoms with van der Waals surface area (Å²) in [6.07, 6.45) is -1.54. The number of hydrogen-bond acceptors (Lipinski definition) is 8. The maximum absolute atomic E-state index is 11.0. The largest absolute Gasteiger partial charge is 0.348 e. The van der Waals surface area contributed by atoms with E-state index in [-0.39, 0.29) is 12.2 Å². The highest BCUT2D eigenvalue weighted by Crippen LogP contribution is 2.56. The molecule has 4 aliphatic rings. The van der Waals surface area contributed by atoms with Crippen molar-refractivity contribution in [3.63, 3.8) is 0 Å². The van der Waals surface area contributed by atoms with E-state index in [1.165, 1.54) is 16.8 Å². The molecule has 3 saturated heterocycles. The van der Waals surface area contributed by atoms with Gasteiger partial charge in [-0.05, 0) is 39.3 Å². The molecule has 7 nitrogen and oxygen atoms in total. The number of nitrogens with zero attached hydrogens (tertiary/aromatic N) is 1. The molecule has 1 unspecified atom stereocenters. The van der Waals surface area contributed by atoms with Crippen molar-refractivity contribution >= 4 is 11.8 Å². The maximum atomic E-state index is 11.0. The van der Waals surface area contributed by atoms with Gasteiger partial charge in [0.25, 0.3) is 0 Å². The summed E-state index contributed by atoms with van der Waals surface area (Å²) in [5.41, 5.74) is 1.05. The third-order valence-electron chi connectivity index (χ3n) is 5.42. The van der Waals surface area contributed by atoms with Crippen molar-refractivity contribution in [2.75, 3.05) is 6.61 Å². The molecule has 27 heavy (non-hydrogen) atoms. The van der Waals surface area contributed by atoms with Crippen LogP contribution in [0, 0.1) is 0 Å². The van der Waals surface area contributed by atoms with E-state index in [2.05, 4.69) is 0 Å². The Balaban J connectivity index is 1.52. The van der Waals surface area contributed by atoms with Gasteiger partial charge in [0.15, 0.2) is 11.6 Å². The highest BCUT2D eigenvalue weighted by Gasteiger charge is 2.69. The fourth-order valence-corrected chi connectivity index (χ4v) is 5.66. The summed E-state index contributed by atoms with van der Waals surface area (Å²) in [5, 5.41) is 11.1. The van der Waals surface area contributed by atoms with Crippen LogP contribution in [0.4, 0.5) is 0 Å². The first-order valence-corrected chi connectivity index (χ1v) is 10.1. The van der Waals surface area contributed by atoms with Gasteiger partial charge in [-0.2, -0.15) is 0 Å². The van der Waals surface area contributed by atoms with E-state index in [0.717, 1.165) is 10.5 Å². The van der Waals surface area contributed by atoms with Gasteiger partial charge in [-0.25, -0.2) is 0 Å². The topological polar surface area (TPSA) is 69.6 Å². The van der Waals surface area contributed by atoms with Crippen molar-refractivity contribution in [1.29, 1.82) is 0 Å². The van der Waals surface area contributed by atoms with Gasteiger partial charge in [0, 0.05) is 4.90 Å². The number of thioether (sulfide) groups is 1. The molecular weight excluding hydrogens is 370 g/mol. The normalized spacial score (nSPS) is 42.4. The van der Waals surface area contributed by atoms with Crippen LogP contribution in [0.3, 0.4) is 0 Å². The first kappa shape index (κ1) is 18.3. The molecule has 4 heterocycles. The van der Waals surface area contributed by atoms with Crippen LogP contribution < -0.4 is 0 Å². The number of rotatable bonds is 1. The summed E-state index contributed by atoms with van der Waals surface area (Å²) in [6, 6.07) is 8.01. The number of hydroxylamine groups is 2. The third kappa shape index (κ3) is 2.86. The number of ether oxygens (including phenoxy) is 5. The van der Waals surface area contributed by atoms with Crippen LogP contribution in [0.15, 0.2) is 29.2 Å². The molecule has 8 heteroatoms. The minimum atomic E-state index is -1.09. The smallest absolute Gasteiger partial charge is 0.226 e. The van der Waals surface area contributed by atoms with E-state index >= 15 is 0 Å². The van der Waals surface area contributed by atoms with Crippen molar-refractivity contribution < 1.29 is 28.9 Å². The molecule has 5 rings (SSSR count). The van der Waals surface area contributed by atoms with Crippen LogP contribution in [-0.2, 0) is 30.2 Å². The Hall–Kier alpha value is -0.710. The quantitative estimate of drug-likeness (QED) is 0.778. The van der Waals surface area contributed by atoms with Crippen molar-refractivity contribution in [2.45, 2.75) is 80.2 Å². The lowest BCUT2D eigenvalue weighted by Crippen LogP contribution is -2.54. The molecular formula is C19H25NO6S. The Morgan fingerprint density at radius 2 is 1.78 bits per heavy atom.